The molecule has 0 saturated carbocycles. The smallest absolute Gasteiger partial charge is 0.186 e. The Bertz CT molecular complexity index is 1650. The van der Waals surface area contributed by atoms with Gasteiger partial charge in [-0.3, -0.25) is 0 Å². The molecule has 2 heterocycles. The third-order valence-corrected chi connectivity index (χ3v) is 9.13. The Labute approximate surface area is 295 Å². The van der Waals surface area contributed by atoms with E-state index in [4.69, 9.17) is 23.7 Å². The van der Waals surface area contributed by atoms with E-state index < -0.39 is 24.6 Å². The number of H-pyrrole nitrogens is 1. The maximum absolute atomic E-state index is 9.23. The maximum atomic E-state index is 9.23. The minimum atomic E-state index is -0.692. The summed E-state index contributed by atoms with van der Waals surface area (Å²) in [5.74, 6) is 0. The Kier molecular flexibility index (Phi) is 14.0. The van der Waals surface area contributed by atoms with Crippen LogP contribution in [-0.4, -0.2) is 67.1 Å². The van der Waals surface area contributed by atoms with Crippen molar-refractivity contribution in [3.05, 3.63) is 144 Å². The number of benzene rings is 4. The summed E-state index contributed by atoms with van der Waals surface area (Å²) >= 11 is 0. The van der Waals surface area contributed by atoms with Gasteiger partial charge < -0.3 is 39.1 Å². The van der Waals surface area contributed by atoms with Crippen molar-refractivity contribution in [1.82, 2.24) is 10.3 Å². The molecule has 0 unspecified atom stereocenters. The van der Waals surface area contributed by atoms with Gasteiger partial charge in [-0.05, 0) is 60.5 Å². The average Bonchev–Trinajstić information content (AvgIpc) is 3.58. The first kappa shape index (κ1) is 35.9. The Hall–Kier alpha value is -3.86. The summed E-state index contributed by atoms with van der Waals surface area (Å²) in [4.78, 5) is 3.37. The van der Waals surface area contributed by atoms with E-state index in [1.165, 1.54) is 10.9 Å². The van der Waals surface area contributed by atoms with Gasteiger partial charge in [0.15, 0.2) is 6.29 Å². The van der Waals surface area contributed by atoms with Gasteiger partial charge in [0.2, 0.25) is 0 Å². The van der Waals surface area contributed by atoms with Gasteiger partial charge in [0, 0.05) is 30.3 Å². The summed E-state index contributed by atoms with van der Waals surface area (Å²) in [6.45, 7) is 3.19. The van der Waals surface area contributed by atoms with E-state index in [2.05, 4.69) is 71.1 Å². The van der Waals surface area contributed by atoms with Crippen LogP contribution in [0.15, 0.2) is 121 Å². The Balaban J connectivity index is 1.26. The molecule has 0 spiro atoms. The van der Waals surface area contributed by atoms with Crippen LogP contribution in [0.4, 0.5) is 0 Å². The molecule has 1 fully saturated rings. The van der Waals surface area contributed by atoms with Crippen LogP contribution >= 0.6 is 0 Å². The molecule has 6 rings (SSSR count). The number of rotatable bonds is 20. The zero-order chi connectivity index (χ0) is 34.2. The molecule has 50 heavy (non-hydrogen) atoms. The fourth-order valence-electron chi connectivity index (χ4n) is 6.45. The predicted octanol–water partition coefficient (Wildman–Crippen LogP) is 6.96. The number of aromatic nitrogens is 1. The normalized spacial score (nSPS) is 20.7. The van der Waals surface area contributed by atoms with Gasteiger partial charge in [-0.25, -0.2) is 0 Å². The Morgan fingerprint density at radius 3 is 1.84 bits per heavy atom. The fraction of sp³-hybridized carbons (Fsp3) is 0.381. The summed E-state index contributed by atoms with van der Waals surface area (Å²) in [5, 5.41) is 14.0. The molecular weight excluding hydrogens is 628 g/mol. The van der Waals surface area contributed by atoms with Crippen molar-refractivity contribution in [1.29, 1.82) is 0 Å². The third-order valence-electron chi connectivity index (χ3n) is 9.13. The molecule has 3 N–H and O–H groups in total. The summed E-state index contributed by atoms with van der Waals surface area (Å²) in [6, 6.07) is 38.9. The van der Waals surface area contributed by atoms with Crippen LogP contribution in [0, 0.1) is 0 Å². The van der Waals surface area contributed by atoms with Crippen LogP contribution in [-0.2, 0) is 49.9 Å². The molecule has 8 nitrogen and oxygen atoms in total. The topological polar surface area (TPSA) is 94.2 Å². The minimum Gasteiger partial charge on any atom is -0.396 e. The van der Waals surface area contributed by atoms with Gasteiger partial charge in [0.05, 0.1) is 26.4 Å². The van der Waals surface area contributed by atoms with Crippen molar-refractivity contribution in [2.45, 2.75) is 76.2 Å². The molecule has 1 aliphatic rings. The molecule has 8 heteroatoms. The second-order valence-electron chi connectivity index (χ2n) is 12.8. The van der Waals surface area contributed by atoms with Crippen LogP contribution in [0.5, 0.6) is 0 Å². The van der Waals surface area contributed by atoms with Crippen molar-refractivity contribution in [2.24, 2.45) is 0 Å². The van der Waals surface area contributed by atoms with Gasteiger partial charge in [-0.1, -0.05) is 109 Å². The molecule has 0 amide bonds. The highest BCUT2D eigenvalue weighted by atomic mass is 16.7. The summed E-state index contributed by atoms with van der Waals surface area (Å²) in [7, 11) is 0. The SMILES string of the molecule is OCCCCCNC[C@H]1O[C@@H](OCCc2c[nH]c3ccccc23)[C@H](OCc2ccccc2)[C@@H](OCc2ccccc2)[C@@H]1OCc1ccccc1. The van der Waals surface area contributed by atoms with E-state index in [1.54, 1.807) is 0 Å². The van der Waals surface area contributed by atoms with Gasteiger partial charge >= 0.3 is 0 Å². The number of aliphatic hydroxyl groups is 1. The van der Waals surface area contributed by atoms with Crippen LogP contribution in [0.3, 0.4) is 0 Å². The minimum absolute atomic E-state index is 0.212. The van der Waals surface area contributed by atoms with Crippen molar-refractivity contribution in [3.8, 4) is 0 Å². The van der Waals surface area contributed by atoms with Crippen LogP contribution < -0.4 is 5.32 Å². The lowest BCUT2D eigenvalue weighted by atomic mass is 9.97. The molecule has 1 aromatic heterocycles. The molecular formula is C42H50N2O6. The monoisotopic (exact) mass is 678 g/mol. The van der Waals surface area contributed by atoms with Crippen molar-refractivity contribution in [3.63, 3.8) is 0 Å². The molecule has 1 aliphatic heterocycles. The van der Waals surface area contributed by atoms with Gasteiger partial charge in [-0.2, -0.15) is 0 Å². The summed E-state index contributed by atoms with van der Waals surface area (Å²) in [6.07, 6.45) is 2.93. The van der Waals surface area contributed by atoms with Crippen molar-refractivity contribution >= 4 is 10.9 Å². The molecule has 5 atom stereocenters. The standard InChI is InChI=1S/C42H50N2O6/c45-25-14-4-13-24-43-28-38-39(47-29-32-15-5-1-6-16-32)40(48-30-33-17-7-2-8-18-33)41(49-31-34-19-9-3-10-20-34)42(50-38)46-26-23-35-27-44-37-22-12-11-21-36(35)37/h1-3,5-12,15-22,27,38-45H,4,13-14,23-26,28-31H2/t38-,39-,40+,41-,42-/m1/s1. The zero-order valence-corrected chi connectivity index (χ0v) is 28.7. The Morgan fingerprint density at radius 2 is 1.20 bits per heavy atom. The van der Waals surface area contributed by atoms with E-state index in [9.17, 15) is 5.11 Å². The fourth-order valence-corrected chi connectivity index (χ4v) is 6.45. The van der Waals surface area contributed by atoms with Crippen molar-refractivity contribution < 1.29 is 28.8 Å². The summed E-state index contributed by atoms with van der Waals surface area (Å²) < 4.78 is 33.8. The van der Waals surface area contributed by atoms with Gasteiger partial charge in [0.25, 0.3) is 0 Å². The number of fused-ring (bicyclic) bond motifs is 1. The highest BCUT2D eigenvalue weighted by Crippen LogP contribution is 2.31. The van der Waals surface area contributed by atoms with E-state index in [-0.39, 0.29) is 12.7 Å². The van der Waals surface area contributed by atoms with E-state index >= 15 is 0 Å². The highest BCUT2D eigenvalue weighted by molar-refractivity contribution is 5.83. The number of aliphatic hydroxyl groups excluding tert-OH is 1. The number of nitrogens with one attached hydrogen (secondary N) is 2. The number of ether oxygens (including phenoxy) is 5. The van der Waals surface area contributed by atoms with Gasteiger partial charge in [-0.15, -0.1) is 0 Å². The lowest BCUT2D eigenvalue weighted by Crippen LogP contribution is -2.62. The number of unbranched alkanes of at least 4 members (excludes halogenated alkanes) is 2. The van der Waals surface area contributed by atoms with E-state index in [0.717, 1.165) is 48.0 Å². The molecule has 0 radical (unpaired) electrons. The number of aromatic amines is 1. The molecule has 5 aromatic rings. The maximum Gasteiger partial charge on any atom is 0.186 e. The second-order valence-corrected chi connectivity index (χ2v) is 12.8. The second kappa shape index (κ2) is 19.5. The van der Waals surface area contributed by atoms with E-state index in [0.29, 0.717) is 39.4 Å². The first-order valence-corrected chi connectivity index (χ1v) is 17.9. The molecule has 1 saturated heterocycles. The summed E-state index contributed by atoms with van der Waals surface area (Å²) in [5.41, 5.74) is 5.50. The quantitative estimate of drug-likeness (QED) is 0.0767. The lowest BCUT2D eigenvalue weighted by Gasteiger charge is -2.46. The molecule has 4 aromatic carbocycles. The number of hydrogen-bond acceptors (Lipinski definition) is 7. The van der Waals surface area contributed by atoms with Crippen molar-refractivity contribution in [2.75, 3.05) is 26.3 Å². The van der Waals surface area contributed by atoms with Crippen LogP contribution in [0.2, 0.25) is 0 Å². The Morgan fingerprint density at radius 1 is 0.620 bits per heavy atom. The predicted molar refractivity (Wildman–Crippen MR) is 195 cm³/mol. The van der Waals surface area contributed by atoms with Gasteiger partial charge in [0.1, 0.15) is 24.4 Å². The first-order chi connectivity index (χ1) is 24.8. The molecule has 264 valence electrons. The van der Waals surface area contributed by atoms with Crippen LogP contribution in [0.1, 0.15) is 41.5 Å². The average molecular weight is 679 g/mol. The number of hydrogen-bond donors (Lipinski definition) is 3. The van der Waals surface area contributed by atoms with Crippen LogP contribution in [0.25, 0.3) is 10.9 Å². The third kappa shape index (κ3) is 10.3. The molecule has 0 bridgehead atoms. The number of para-hydroxylation sites is 1. The first-order valence-electron chi connectivity index (χ1n) is 17.9. The van der Waals surface area contributed by atoms with E-state index in [1.807, 2.05) is 60.7 Å². The largest absolute Gasteiger partial charge is 0.396 e. The highest BCUT2D eigenvalue weighted by Gasteiger charge is 2.48. The lowest BCUT2D eigenvalue weighted by molar-refractivity contribution is -0.321. The molecule has 0 aliphatic carbocycles. The zero-order valence-electron chi connectivity index (χ0n) is 28.7.